The minimum Gasteiger partial charge on any atom is -0.478 e. The Hall–Kier alpha value is -2.99. The number of carbonyl (C=O) groups is 2. The van der Waals surface area contributed by atoms with Gasteiger partial charge in [0.05, 0.1) is 26.2 Å². The lowest BCUT2D eigenvalue weighted by Crippen LogP contribution is -2.23. The number of aliphatic imine (C=N–C) groups is 1. The molecule has 0 saturated carbocycles. The molecule has 2 aromatic carbocycles. The molecule has 1 aliphatic heterocycles. The number of thioether (sulfide) groups is 1. The van der Waals surface area contributed by atoms with Gasteiger partial charge < -0.3 is 9.84 Å². The Balaban J connectivity index is 1.86. The Morgan fingerprint density at radius 3 is 2.50 bits per heavy atom. The molecule has 152 valence electrons. The number of nitrogens with zero attached hydrogens (tertiary/aromatic N) is 3. The van der Waals surface area contributed by atoms with Crippen LogP contribution in [0.3, 0.4) is 0 Å². The molecule has 1 saturated heterocycles. The average Bonchev–Trinajstić information content (AvgIpc) is 2.95. The van der Waals surface area contributed by atoms with E-state index in [4.69, 9.17) is 38.3 Å². The summed E-state index contributed by atoms with van der Waals surface area (Å²) < 4.78 is 5.20. The minimum atomic E-state index is -1.02. The van der Waals surface area contributed by atoms with Crippen molar-refractivity contribution in [3.05, 3.63) is 62.5 Å². The third-order valence-corrected chi connectivity index (χ3v) is 5.56. The Morgan fingerprint density at radius 1 is 1.30 bits per heavy atom. The van der Waals surface area contributed by atoms with Gasteiger partial charge in [0.25, 0.3) is 5.91 Å². The monoisotopic (exact) mass is 461 g/mol. The van der Waals surface area contributed by atoms with Crippen LogP contribution < -0.4 is 4.74 Å². The standard InChI is InChI=1S/C20H13Cl2N3O4S/c1-25-18(26)16(10-11-8-14(21)17(15(22)9-11)29-7-6-23)30-20(25)24-13-4-2-12(3-5-13)19(27)28/h2-5,8-10H,7H2,1H3,(H,27,28)/b16-10-,24-20?. The number of likely N-dealkylation sites (N-methyl/N-ethyl adjacent to an activating group) is 1. The number of rotatable bonds is 5. The van der Waals surface area contributed by atoms with Gasteiger partial charge in [-0.3, -0.25) is 9.69 Å². The van der Waals surface area contributed by atoms with Crippen LogP contribution in [0.1, 0.15) is 15.9 Å². The van der Waals surface area contributed by atoms with Crippen molar-refractivity contribution in [2.75, 3.05) is 13.7 Å². The summed E-state index contributed by atoms with van der Waals surface area (Å²) in [6, 6.07) is 11.0. The van der Waals surface area contributed by atoms with E-state index in [2.05, 4.69) is 4.99 Å². The van der Waals surface area contributed by atoms with Gasteiger partial charge >= 0.3 is 5.97 Å². The number of benzene rings is 2. The van der Waals surface area contributed by atoms with Gasteiger partial charge in [-0.25, -0.2) is 9.79 Å². The predicted octanol–water partition coefficient (Wildman–Crippen LogP) is 4.83. The number of ether oxygens (including phenoxy) is 1. The second-order valence-electron chi connectivity index (χ2n) is 5.98. The molecule has 10 heteroatoms. The lowest BCUT2D eigenvalue weighted by Gasteiger charge is -2.08. The number of nitriles is 1. The molecule has 30 heavy (non-hydrogen) atoms. The van der Waals surface area contributed by atoms with Gasteiger partial charge in [0.1, 0.15) is 6.07 Å². The molecule has 0 unspecified atom stereocenters. The molecule has 0 bridgehead atoms. The maximum absolute atomic E-state index is 12.6. The number of amidine groups is 1. The first-order chi connectivity index (χ1) is 14.3. The zero-order chi connectivity index (χ0) is 21.8. The van der Waals surface area contributed by atoms with Crippen LogP contribution in [0.5, 0.6) is 5.75 Å². The van der Waals surface area contributed by atoms with E-state index < -0.39 is 5.97 Å². The van der Waals surface area contributed by atoms with Gasteiger partial charge in [-0.2, -0.15) is 5.26 Å². The number of amides is 1. The molecule has 0 spiro atoms. The van der Waals surface area contributed by atoms with Crippen LogP contribution in [0.25, 0.3) is 6.08 Å². The molecular weight excluding hydrogens is 449 g/mol. The van der Waals surface area contributed by atoms with E-state index >= 15 is 0 Å². The van der Waals surface area contributed by atoms with Crippen molar-refractivity contribution >= 4 is 63.8 Å². The molecule has 3 rings (SSSR count). The Bertz CT molecular complexity index is 1100. The SMILES string of the molecule is CN1C(=O)/C(=C/c2cc(Cl)c(OCC#N)c(Cl)c2)SC1=Nc1ccc(C(=O)O)cc1. The van der Waals surface area contributed by atoms with Gasteiger partial charge in [0.15, 0.2) is 17.5 Å². The van der Waals surface area contributed by atoms with Crippen molar-refractivity contribution in [2.45, 2.75) is 0 Å². The molecule has 1 amide bonds. The fourth-order valence-electron chi connectivity index (χ4n) is 2.50. The maximum Gasteiger partial charge on any atom is 0.335 e. The summed E-state index contributed by atoms with van der Waals surface area (Å²) in [5.41, 5.74) is 1.26. The summed E-state index contributed by atoms with van der Waals surface area (Å²) in [6.45, 7) is -0.188. The normalized spacial score (nSPS) is 16.2. The van der Waals surface area contributed by atoms with Gasteiger partial charge in [-0.05, 0) is 59.8 Å². The molecule has 7 nitrogen and oxygen atoms in total. The second kappa shape index (κ2) is 9.22. The predicted molar refractivity (Wildman–Crippen MR) is 116 cm³/mol. The lowest BCUT2D eigenvalue weighted by molar-refractivity contribution is -0.121. The highest BCUT2D eigenvalue weighted by molar-refractivity contribution is 8.18. The fourth-order valence-corrected chi connectivity index (χ4v) is 4.10. The molecule has 1 aliphatic rings. The molecule has 0 aliphatic carbocycles. The van der Waals surface area contributed by atoms with Crippen LogP contribution in [-0.4, -0.2) is 40.7 Å². The number of aromatic carboxylic acids is 1. The topological polar surface area (TPSA) is 103 Å². The highest BCUT2D eigenvalue weighted by Crippen LogP contribution is 2.37. The average molecular weight is 462 g/mol. The Morgan fingerprint density at radius 2 is 1.93 bits per heavy atom. The highest BCUT2D eigenvalue weighted by atomic mass is 35.5. The molecule has 1 N–H and O–H groups in total. The summed E-state index contributed by atoms with van der Waals surface area (Å²) in [6.07, 6.45) is 1.63. The summed E-state index contributed by atoms with van der Waals surface area (Å²) in [5.74, 6) is -1.07. The third-order valence-electron chi connectivity index (χ3n) is 3.94. The summed E-state index contributed by atoms with van der Waals surface area (Å²) in [4.78, 5) is 29.8. The van der Waals surface area contributed by atoms with Gasteiger partial charge in [0.2, 0.25) is 0 Å². The first-order valence-corrected chi connectivity index (χ1v) is 9.96. The number of halogens is 2. The summed E-state index contributed by atoms with van der Waals surface area (Å²) >= 11 is 13.5. The smallest absolute Gasteiger partial charge is 0.335 e. The van der Waals surface area contributed by atoms with Crippen molar-refractivity contribution in [1.82, 2.24) is 4.90 Å². The zero-order valence-corrected chi connectivity index (χ0v) is 17.8. The van der Waals surface area contributed by atoms with E-state index in [1.165, 1.54) is 28.8 Å². The van der Waals surface area contributed by atoms with Crippen LogP contribution in [-0.2, 0) is 4.79 Å². The third kappa shape index (κ3) is 4.76. The first kappa shape index (κ1) is 21.7. The highest BCUT2D eigenvalue weighted by Gasteiger charge is 2.30. The van der Waals surface area contributed by atoms with Gasteiger partial charge in [-0.15, -0.1) is 0 Å². The molecule has 0 atom stereocenters. The second-order valence-corrected chi connectivity index (χ2v) is 7.81. The summed E-state index contributed by atoms with van der Waals surface area (Å²) in [5, 5.41) is 18.5. The van der Waals surface area contributed by atoms with Crippen LogP contribution in [0.15, 0.2) is 46.3 Å². The quantitative estimate of drug-likeness (QED) is 0.639. The molecule has 0 aromatic heterocycles. The van der Waals surface area contributed by atoms with Gasteiger partial charge in [-0.1, -0.05) is 23.2 Å². The van der Waals surface area contributed by atoms with Crippen LogP contribution in [0.4, 0.5) is 5.69 Å². The van der Waals surface area contributed by atoms with Crippen molar-refractivity contribution in [3.8, 4) is 11.8 Å². The van der Waals surface area contributed by atoms with E-state index in [1.54, 1.807) is 37.4 Å². The summed E-state index contributed by atoms with van der Waals surface area (Å²) in [7, 11) is 1.60. The molecule has 2 aromatic rings. The van der Waals surface area contributed by atoms with Crippen molar-refractivity contribution < 1.29 is 19.4 Å². The van der Waals surface area contributed by atoms with E-state index in [-0.39, 0.29) is 33.9 Å². The minimum absolute atomic E-state index is 0.152. The fraction of sp³-hybridized carbons (Fsp3) is 0.100. The van der Waals surface area contributed by atoms with Crippen LogP contribution in [0.2, 0.25) is 10.0 Å². The molecule has 1 fully saturated rings. The first-order valence-electron chi connectivity index (χ1n) is 8.38. The van der Waals surface area contributed by atoms with E-state index in [0.717, 1.165) is 0 Å². The number of hydrogen-bond donors (Lipinski definition) is 1. The Labute approximate surface area is 186 Å². The zero-order valence-electron chi connectivity index (χ0n) is 15.4. The largest absolute Gasteiger partial charge is 0.478 e. The van der Waals surface area contributed by atoms with Crippen LogP contribution >= 0.6 is 35.0 Å². The molecule has 0 radical (unpaired) electrons. The number of hydrogen-bond acceptors (Lipinski definition) is 6. The number of carbonyl (C=O) groups excluding carboxylic acids is 1. The van der Waals surface area contributed by atoms with Crippen LogP contribution in [0, 0.1) is 11.3 Å². The Kier molecular flexibility index (Phi) is 6.67. The van der Waals surface area contributed by atoms with Gasteiger partial charge in [0, 0.05) is 7.05 Å². The van der Waals surface area contributed by atoms with E-state index in [1.807, 2.05) is 6.07 Å². The lowest BCUT2D eigenvalue weighted by atomic mass is 10.2. The van der Waals surface area contributed by atoms with E-state index in [0.29, 0.717) is 21.3 Å². The van der Waals surface area contributed by atoms with E-state index in [9.17, 15) is 9.59 Å². The van der Waals surface area contributed by atoms with Crippen molar-refractivity contribution in [2.24, 2.45) is 4.99 Å². The molecular formula is C20H13Cl2N3O4S. The maximum atomic E-state index is 12.6. The van der Waals surface area contributed by atoms with Crippen molar-refractivity contribution in [1.29, 1.82) is 5.26 Å². The number of carboxylic acids is 1. The molecule has 1 heterocycles. The number of carboxylic acid groups (broad SMARTS) is 1. The van der Waals surface area contributed by atoms with Crippen molar-refractivity contribution in [3.63, 3.8) is 0 Å².